The van der Waals surface area contributed by atoms with Crippen LogP contribution >= 0.6 is 0 Å². The van der Waals surface area contributed by atoms with Gasteiger partial charge >= 0.3 is 0 Å². The number of rotatable bonds is 3. The molecule has 0 radical (unpaired) electrons. The minimum Gasteiger partial charge on any atom is -0.374 e. The highest BCUT2D eigenvalue weighted by Gasteiger charge is 2.62. The van der Waals surface area contributed by atoms with Crippen LogP contribution in [0.3, 0.4) is 0 Å². The van der Waals surface area contributed by atoms with Crippen molar-refractivity contribution in [2.45, 2.75) is 83.5 Å². The fraction of sp³-hybridized carbons (Fsp3) is 0.941. The van der Waals surface area contributed by atoms with Crippen LogP contribution in [-0.4, -0.2) is 23.7 Å². The third-order valence-electron chi connectivity index (χ3n) is 7.30. The van der Waals surface area contributed by atoms with Crippen molar-refractivity contribution in [3.05, 3.63) is 0 Å². The third-order valence-corrected chi connectivity index (χ3v) is 7.30. The highest BCUT2D eigenvalue weighted by molar-refractivity contribution is 5.84. The highest BCUT2D eigenvalue weighted by Crippen LogP contribution is 2.66. The molecule has 120 valence electrons. The number of amides is 1. The zero-order valence-corrected chi connectivity index (χ0v) is 13.7. The number of nitrogens with two attached hydrogens (primary N) is 2. The van der Waals surface area contributed by atoms with Crippen LogP contribution in [0, 0.1) is 16.7 Å². The molecule has 4 nitrogen and oxygen atoms in total. The van der Waals surface area contributed by atoms with Gasteiger partial charge in [-0.05, 0) is 55.3 Å². The third kappa shape index (κ3) is 2.14. The van der Waals surface area contributed by atoms with Gasteiger partial charge in [-0.25, -0.2) is 0 Å². The molecule has 0 saturated heterocycles. The van der Waals surface area contributed by atoms with Crippen LogP contribution in [-0.2, 0) is 9.53 Å². The van der Waals surface area contributed by atoms with Gasteiger partial charge in [-0.15, -0.1) is 0 Å². The summed E-state index contributed by atoms with van der Waals surface area (Å²) in [4.78, 5) is 11.6. The molecule has 0 spiro atoms. The summed E-state index contributed by atoms with van der Waals surface area (Å²) in [6.45, 7) is 7.17. The molecule has 3 saturated carbocycles. The summed E-state index contributed by atoms with van der Waals surface area (Å²) >= 11 is 0. The van der Waals surface area contributed by atoms with E-state index in [9.17, 15) is 4.79 Å². The average Bonchev–Trinajstić information content (AvgIpc) is 2.72. The zero-order valence-electron chi connectivity index (χ0n) is 13.7. The lowest BCUT2D eigenvalue weighted by Gasteiger charge is -2.42. The van der Waals surface area contributed by atoms with Crippen molar-refractivity contribution in [3.8, 4) is 0 Å². The minimum absolute atomic E-state index is 0.0909. The molecule has 4 N–H and O–H groups in total. The molecule has 3 fully saturated rings. The van der Waals surface area contributed by atoms with E-state index in [1.54, 1.807) is 0 Å². The molecule has 0 aliphatic heterocycles. The van der Waals surface area contributed by atoms with E-state index < -0.39 is 5.54 Å². The fourth-order valence-electron chi connectivity index (χ4n) is 5.16. The standard InChI is InChI=1S/C17H30N2O2/c1-15(2)11-6-8-16(15,3)13(9-11)21-12-5-4-7-17(19,10-12)14(18)20/h11-13H,4-10,19H2,1-3H3,(H2,18,20). The summed E-state index contributed by atoms with van der Waals surface area (Å²) in [5.74, 6) is 0.394. The van der Waals surface area contributed by atoms with Crippen molar-refractivity contribution < 1.29 is 9.53 Å². The second-order valence-corrected chi connectivity index (χ2v) is 8.47. The van der Waals surface area contributed by atoms with Crippen LogP contribution in [0.5, 0.6) is 0 Å². The maximum absolute atomic E-state index is 11.6. The van der Waals surface area contributed by atoms with Crippen molar-refractivity contribution in [3.63, 3.8) is 0 Å². The van der Waals surface area contributed by atoms with E-state index >= 15 is 0 Å². The molecular weight excluding hydrogens is 264 g/mol. The maximum atomic E-state index is 11.6. The van der Waals surface area contributed by atoms with Crippen molar-refractivity contribution in [2.75, 3.05) is 0 Å². The second kappa shape index (κ2) is 4.69. The Hall–Kier alpha value is -0.610. The fourth-order valence-corrected chi connectivity index (χ4v) is 5.16. The highest BCUT2D eigenvalue weighted by atomic mass is 16.5. The van der Waals surface area contributed by atoms with Crippen molar-refractivity contribution in [1.82, 2.24) is 0 Å². The largest absolute Gasteiger partial charge is 0.374 e. The van der Waals surface area contributed by atoms with Crippen molar-refractivity contribution in [1.29, 1.82) is 0 Å². The summed E-state index contributed by atoms with van der Waals surface area (Å²) in [7, 11) is 0. The Bertz CT molecular complexity index is 450. The number of carbonyl (C=O) groups is 1. The normalized spacial score (nSPS) is 48.5. The Morgan fingerprint density at radius 2 is 1.90 bits per heavy atom. The lowest BCUT2D eigenvalue weighted by molar-refractivity contribution is -0.132. The van der Waals surface area contributed by atoms with Gasteiger partial charge in [-0.2, -0.15) is 0 Å². The van der Waals surface area contributed by atoms with Crippen LogP contribution in [0.25, 0.3) is 0 Å². The first kappa shape index (κ1) is 15.3. The first-order chi connectivity index (χ1) is 9.69. The second-order valence-electron chi connectivity index (χ2n) is 8.47. The molecule has 3 aliphatic rings. The van der Waals surface area contributed by atoms with Crippen LogP contribution in [0.1, 0.15) is 65.7 Å². The molecule has 0 aromatic carbocycles. The Labute approximate surface area is 128 Å². The van der Waals surface area contributed by atoms with E-state index in [4.69, 9.17) is 16.2 Å². The van der Waals surface area contributed by atoms with Gasteiger partial charge < -0.3 is 16.2 Å². The van der Waals surface area contributed by atoms with E-state index in [-0.39, 0.29) is 17.4 Å². The molecule has 0 aromatic heterocycles. The Morgan fingerprint density at radius 3 is 2.43 bits per heavy atom. The molecule has 5 unspecified atom stereocenters. The number of primary amides is 1. The number of carbonyl (C=O) groups excluding carboxylic acids is 1. The summed E-state index contributed by atoms with van der Waals surface area (Å²) < 4.78 is 6.48. The van der Waals surface area contributed by atoms with Gasteiger partial charge in [0, 0.05) is 6.42 Å². The van der Waals surface area contributed by atoms with Crippen LogP contribution in [0.4, 0.5) is 0 Å². The average molecular weight is 294 g/mol. The lowest BCUT2D eigenvalue weighted by atomic mass is 9.70. The predicted octanol–water partition coefficient (Wildman–Crippen LogP) is 2.34. The smallest absolute Gasteiger partial charge is 0.237 e. The van der Waals surface area contributed by atoms with E-state index in [0.717, 1.165) is 25.2 Å². The molecule has 5 atom stereocenters. The quantitative estimate of drug-likeness (QED) is 0.838. The van der Waals surface area contributed by atoms with Crippen molar-refractivity contribution in [2.24, 2.45) is 28.2 Å². The molecule has 4 heteroatoms. The molecule has 1 amide bonds. The van der Waals surface area contributed by atoms with Gasteiger partial charge in [0.25, 0.3) is 0 Å². The van der Waals surface area contributed by atoms with E-state index in [1.807, 2.05) is 0 Å². The maximum Gasteiger partial charge on any atom is 0.237 e. The lowest BCUT2D eigenvalue weighted by Crippen LogP contribution is -2.56. The van der Waals surface area contributed by atoms with E-state index in [2.05, 4.69) is 20.8 Å². The van der Waals surface area contributed by atoms with Crippen LogP contribution in [0.15, 0.2) is 0 Å². The van der Waals surface area contributed by atoms with E-state index in [1.165, 1.54) is 12.8 Å². The molecule has 21 heavy (non-hydrogen) atoms. The van der Waals surface area contributed by atoms with Gasteiger partial charge in [-0.1, -0.05) is 20.8 Å². The van der Waals surface area contributed by atoms with Gasteiger partial charge in [-0.3, -0.25) is 4.79 Å². The molecule has 3 aliphatic carbocycles. The summed E-state index contributed by atoms with van der Waals surface area (Å²) in [5.41, 5.74) is 11.4. The van der Waals surface area contributed by atoms with Crippen LogP contribution in [0.2, 0.25) is 0 Å². The van der Waals surface area contributed by atoms with Crippen LogP contribution < -0.4 is 11.5 Å². The molecule has 0 aromatic rings. The number of hydrogen-bond acceptors (Lipinski definition) is 3. The number of ether oxygens (including phenoxy) is 1. The number of hydrogen-bond donors (Lipinski definition) is 2. The minimum atomic E-state index is -0.864. The summed E-state index contributed by atoms with van der Waals surface area (Å²) in [6.07, 6.45) is 7.36. The SMILES string of the molecule is CC1(C)C2CCC1(C)C(OC1CCCC(N)(C(N)=O)C1)C2. The number of fused-ring (bicyclic) bond motifs is 2. The first-order valence-corrected chi connectivity index (χ1v) is 8.43. The Balaban J connectivity index is 1.70. The topological polar surface area (TPSA) is 78.3 Å². The zero-order chi connectivity index (χ0) is 15.5. The van der Waals surface area contributed by atoms with Crippen molar-refractivity contribution >= 4 is 5.91 Å². The summed E-state index contributed by atoms with van der Waals surface area (Å²) in [5, 5.41) is 0. The molecule has 2 bridgehead atoms. The monoisotopic (exact) mass is 294 g/mol. The van der Waals surface area contributed by atoms with Gasteiger partial charge in [0.1, 0.15) is 0 Å². The first-order valence-electron chi connectivity index (χ1n) is 8.43. The Kier molecular flexibility index (Phi) is 3.42. The molecule has 0 heterocycles. The molecular formula is C17H30N2O2. The molecule has 3 rings (SSSR count). The van der Waals surface area contributed by atoms with Gasteiger partial charge in [0.15, 0.2) is 0 Å². The predicted molar refractivity (Wildman–Crippen MR) is 82.5 cm³/mol. The Morgan fingerprint density at radius 1 is 1.19 bits per heavy atom. The summed E-state index contributed by atoms with van der Waals surface area (Å²) in [6, 6.07) is 0. The van der Waals surface area contributed by atoms with Gasteiger partial charge in [0.05, 0.1) is 17.7 Å². The van der Waals surface area contributed by atoms with E-state index in [0.29, 0.717) is 24.4 Å². The van der Waals surface area contributed by atoms with Gasteiger partial charge in [0.2, 0.25) is 5.91 Å².